The minimum absolute atomic E-state index is 0.0825. The van der Waals surface area contributed by atoms with Gasteiger partial charge >= 0.3 is 0 Å². The fraction of sp³-hybridized carbons (Fsp3) is 0.238. The lowest BCUT2D eigenvalue weighted by atomic mass is 9.80. The molecule has 2 aromatic heterocycles. The van der Waals surface area contributed by atoms with Gasteiger partial charge in [-0.3, -0.25) is 4.68 Å². The second-order valence-corrected chi connectivity index (χ2v) is 8.28. The summed E-state index contributed by atoms with van der Waals surface area (Å²) < 4.78 is 31.2. The van der Waals surface area contributed by atoms with Crippen molar-refractivity contribution in [3.05, 3.63) is 93.5 Å². The van der Waals surface area contributed by atoms with E-state index in [1.807, 2.05) is 6.07 Å². The maximum absolute atomic E-state index is 14.7. The lowest BCUT2D eigenvalue weighted by molar-refractivity contribution is -0.0128. The molecule has 0 amide bonds. The van der Waals surface area contributed by atoms with Crippen molar-refractivity contribution in [1.82, 2.24) is 30.0 Å². The highest BCUT2D eigenvalue weighted by Gasteiger charge is 2.41. The topological polar surface area (TPSA) is 81.6 Å². The predicted molar refractivity (Wildman–Crippen MR) is 114 cm³/mol. The Morgan fingerprint density at radius 1 is 1.06 bits per heavy atom. The van der Waals surface area contributed by atoms with Crippen LogP contribution < -0.4 is 0 Å². The molecule has 166 valence electrons. The average molecular weight is 479 g/mol. The van der Waals surface area contributed by atoms with Gasteiger partial charge in [0.15, 0.2) is 0 Å². The lowest BCUT2D eigenvalue weighted by Crippen LogP contribution is -2.38. The zero-order valence-electron chi connectivity index (χ0n) is 16.8. The summed E-state index contributed by atoms with van der Waals surface area (Å²) in [4.78, 5) is 0. The summed E-state index contributed by atoms with van der Waals surface area (Å²) >= 11 is 12.0. The number of aromatic nitrogens is 6. The standard InChI is InChI=1S/C21H18Cl2F2N6O/c1-13(20-6-7-30(27-20)10-14-2-5-17(22)18(23)8-14)21(32,11-31-12-26-28-29-31)16-4-3-15(24)9-19(16)25/h2-9,12-13,32H,10-11H2,1H3/t13-,21+/m0/s1. The van der Waals surface area contributed by atoms with Gasteiger partial charge in [0.05, 0.1) is 28.8 Å². The highest BCUT2D eigenvalue weighted by atomic mass is 35.5. The Hall–Kier alpha value is -2.88. The SMILES string of the molecule is C[C@@H](c1ccn(Cc2ccc(Cl)c(Cl)c2)n1)[C@](O)(Cn1cnnn1)c1ccc(F)cc1F. The van der Waals surface area contributed by atoms with Gasteiger partial charge in [0, 0.05) is 23.7 Å². The van der Waals surface area contributed by atoms with E-state index in [9.17, 15) is 13.9 Å². The minimum Gasteiger partial charge on any atom is -0.382 e. The molecule has 0 saturated carbocycles. The Morgan fingerprint density at radius 3 is 2.56 bits per heavy atom. The van der Waals surface area contributed by atoms with Crippen LogP contribution in [0.3, 0.4) is 0 Å². The molecule has 0 spiro atoms. The summed E-state index contributed by atoms with van der Waals surface area (Å²) in [5, 5.41) is 28.0. The van der Waals surface area contributed by atoms with Crippen LogP contribution in [0.1, 0.15) is 29.7 Å². The number of halogens is 4. The molecule has 32 heavy (non-hydrogen) atoms. The van der Waals surface area contributed by atoms with Gasteiger partial charge in [-0.25, -0.2) is 13.5 Å². The number of aliphatic hydroxyl groups is 1. The van der Waals surface area contributed by atoms with Crippen LogP contribution in [0.5, 0.6) is 0 Å². The first kappa shape index (κ1) is 22.3. The molecule has 0 aliphatic rings. The Bertz CT molecular complexity index is 1230. The van der Waals surface area contributed by atoms with E-state index in [-0.39, 0.29) is 12.1 Å². The first-order chi connectivity index (χ1) is 15.3. The number of rotatable bonds is 7. The third kappa shape index (κ3) is 4.50. The molecule has 0 unspecified atom stereocenters. The number of tetrazole rings is 1. The normalized spacial score (nSPS) is 14.3. The lowest BCUT2D eigenvalue weighted by Gasteiger charge is -2.33. The van der Waals surface area contributed by atoms with E-state index in [1.165, 1.54) is 17.1 Å². The Kier molecular flexibility index (Phi) is 6.23. The molecule has 0 fully saturated rings. The van der Waals surface area contributed by atoms with Gasteiger partial charge in [0.25, 0.3) is 0 Å². The van der Waals surface area contributed by atoms with E-state index in [2.05, 4.69) is 20.6 Å². The van der Waals surface area contributed by atoms with Gasteiger partial charge in [0.1, 0.15) is 23.6 Å². The van der Waals surface area contributed by atoms with Crippen molar-refractivity contribution < 1.29 is 13.9 Å². The average Bonchev–Trinajstić information content (AvgIpc) is 3.42. The van der Waals surface area contributed by atoms with Gasteiger partial charge in [-0.15, -0.1) is 5.10 Å². The van der Waals surface area contributed by atoms with E-state index >= 15 is 0 Å². The number of hydrogen-bond donors (Lipinski definition) is 1. The molecular weight excluding hydrogens is 461 g/mol. The van der Waals surface area contributed by atoms with Crippen LogP contribution in [-0.2, 0) is 18.7 Å². The molecule has 0 aliphatic heterocycles. The zero-order chi connectivity index (χ0) is 22.9. The predicted octanol–water partition coefficient (Wildman–Crippen LogP) is 4.19. The molecule has 2 aromatic carbocycles. The number of hydrogen-bond acceptors (Lipinski definition) is 5. The van der Waals surface area contributed by atoms with Crippen LogP contribution in [0.4, 0.5) is 8.78 Å². The van der Waals surface area contributed by atoms with Crippen molar-refractivity contribution in [2.45, 2.75) is 31.5 Å². The van der Waals surface area contributed by atoms with Crippen molar-refractivity contribution in [2.75, 3.05) is 0 Å². The van der Waals surface area contributed by atoms with Crippen molar-refractivity contribution >= 4 is 23.2 Å². The van der Waals surface area contributed by atoms with Gasteiger partial charge in [-0.2, -0.15) is 5.10 Å². The second kappa shape index (κ2) is 8.93. The second-order valence-electron chi connectivity index (χ2n) is 7.46. The molecule has 1 N–H and O–H groups in total. The first-order valence-electron chi connectivity index (χ1n) is 9.62. The summed E-state index contributed by atoms with van der Waals surface area (Å²) in [5.74, 6) is -2.31. The van der Waals surface area contributed by atoms with E-state index in [0.717, 1.165) is 17.7 Å². The van der Waals surface area contributed by atoms with Crippen molar-refractivity contribution in [3.8, 4) is 0 Å². The van der Waals surface area contributed by atoms with E-state index < -0.39 is 23.2 Å². The highest BCUT2D eigenvalue weighted by Crippen LogP contribution is 2.39. The smallest absolute Gasteiger partial charge is 0.138 e. The number of nitrogens with zero attached hydrogens (tertiary/aromatic N) is 6. The van der Waals surface area contributed by atoms with E-state index in [4.69, 9.17) is 23.2 Å². The van der Waals surface area contributed by atoms with Gasteiger partial charge in [-0.05, 0) is 40.3 Å². The molecule has 0 radical (unpaired) electrons. The summed E-state index contributed by atoms with van der Waals surface area (Å²) in [7, 11) is 0. The molecule has 11 heteroatoms. The molecular formula is C21H18Cl2F2N6O. The molecule has 2 atom stereocenters. The van der Waals surface area contributed by atoms with Crippen LogP contribution in [0, 0.1) is 11.6 Å². The first-order valence-corrected chi connectivity index (χ1v) is 10.4. The molecule has 4 aromatic rings. The molecule has 4 rings (SSSR count). The van der Waals surface area contributed by atoms with Gasteiger partial charge in [-0.1, -0.05) is 42.3 Å². The third-order valence-electron chi connectivity index (χ3n) is 5.34. The maximum atomic E-state index is 14.7. The summed E-state index contributed by atoms with van der Waals surface area (Å²) in [6, 6.07) is 10.1. The molecule has 0 aliphatic carbocycles. The quantitative estimate of drug-likeness (QED) is 0.430. The third-order valence-corrected chi connectivity index (χ3v) is 6.08. The highest BCUT2D eigenvalue weighted by molar-refractivity contribution is 6.42. The van der Waals surface area contributed by atoms with E-state index in [1.54, 1.807) is 36.0 Å². The molecule has 2 heterocycles. The van der Waals surface area contributed by atoms with E-state index in [0.29, 0.717) is 22.3 Å². The fourth-order valence-electron chi connectivity index (χ4n) is 3.56. The van der Waals surface area contributed by atoms with Crippen LogP contribution in [-0.4, -0.2) is 35.1 Å². The minimum atomic E-state index is -1.81. The Balaban J connectivity index is 1.66. The monoisotopic (exact) mass is 478 g/mol. The zero-order valence-corrected chi connectivity index (χ0v) is 18.3. The number of benzene rings is 2. The van der Waals surface area contributed by atoms with Gasteiger partial charge in [0.2, 0.25) is 0 Å². The molecule has 7 nitrogen and oxygen atoms in total. The van der Waals surface area contributed by atoms with Crippen LogP contribution >= 0.6 is 23.2 Å². The summed E-state index contributed by atoms with van der Waals surface area (Å²) in [6.07, 6.45) is 3.05. The van der Waals surface area contributed by atoms with Crippen molar-refractivity contribution in [2.24, 2.45) is 0 Å². The van der Waals surface area contributed by atoms with Crippen LogP contribution in [0.15, 0.2) is 55.0 Å². The van der Waals surface area contributed by atoms with Crippen LogP contribution in [0.2, 0.25) is 10.0 Å². The maximum Gasteiger partial charge on any atom is 0.138 e. The van der Waals surface area contributed by atoms with Crippen molar-refractivity contribution in [1.29, 1.82) is 0 Å². The van der Waals surface area contributed by atoms with Crippen molar-refractivity contribution in [3.63, 3.8) is 0 Å². The fourth-order valence-corrected chi connectivity index (χ4v) is 3.88. The largest absolute Gasteiger partial charge is 0.382 e. The summed E-state index contributed by atoms with van der Waals surface area (Å²) in [6.45, 7) is 1.96. The molecule has 0 bridgehead atoms. The Morgan fingerprint density at radius 2 is 1.88 bits per heavy atom. The Labute approximate surface area is 192 Å². The van der Waals surface area contributed by atoms with Crippen LogP contribution in [0.25, 0.3) is 0 Å². The summed E-state index contributed by atoms with van der Waals surface area (Å²) in [5.41, 5.74) is -0.504. The van der Waals surface area contributed by atoms with Gasteiger partial charge < -0.3 is 5.11 Å². The molecule has 0 saturated heterocycles.